The van der Waals surface area contributed by atoms with Crippen molar-refractivity contribution in [2.75, 3.05) is 24.3 Å². The minimum Gasteiger partial charge on any atom is -0.497 e. The van der Waals surface area contributed by atoms with E-state index in [4.69, 9.17) is 4.74 Å². The van der Waals surface area contributed by atoms with Crippen LogP contribution in [0, 0.1) is 11.6 Å². The first-order chi connectivity index (χ1) is 18.7. The van der Waals surface area contributed by atoms with Crippen molar-refractivity contribution in [1.29, 1.82) is 0 Å². The van der Waals surface area contributed by atoms with Crippen LogP contribution in [0.3, 0.4) is 0 Å². The van der Waals surface area contributed by atoms with Gasteiger partial charge in [0, 0.05) is 55.3 Å². The number of sulfonamides is 1. The minimum absolute atomic E-state index is 0.0386. The second kappa shape index (κ2) is 10.3. The van der Waals surface area contributed by atoms with Crippen LogP contribution in [0.15, 0.2) is 59.8 Å². The second-order valence-corrected chi connectivity index (χ2v) is 10.6. The number of methoxy groups -OCH3 is 1. The van der Waals surface area contributed by atoms with Crippen molar-refractivity contribution in [3.8, 4) is 5.75 Å². The molecule has 0 unspecified atom stereocenters. The maximum Gasteiger partial charge on any atom is 0.258 e. The predicted molar refractivity (Wildman–Crippen MR) is 136 cm³/mol. The smallest absolute Gasteiger partial charge is 0.258 e. The Kier molecular flexibility index (Phi) is 6.89. The van der Waals surface area contributed by atoms with Crippen LogP contribution in [0.5, 0.6) is 5.75 Å². The molecule has 39 heavy (non-hydrogen) atoms. The van der Waals surface area contributed by atoms with Gasteiger partial charge in [0.15, 0.2) is 5.82 Å². The summed E-state index contributed by atoms with van der Waals surface area (Å²) in [6, 6.07) is 8.17. The average Bonchev–Trinajstić information content (AvgIpc) is 3.58. The molecule has 0 aliphatic carbocycles. The number of halogens is 2. The lowest BCUT2D eigenvalue weighted by molar-refractivity contribution is 0.102. The van der Waals surface area contributed by atoms with Crippen LogP contribution in [0.4, 0.5) is 20.3 Å². The Morgan fingerprint density at radius 2 is 1.82 bits per heavy atom. The minimum atomic E-state index is -4.24. The first kappa shape index (κ1) is 26.1. The van der Waals surface area contributed by atoms with Crippen molar-refractivity contribution in [3.05, 3.63) is 88.9 Å². The third-order valence-corrected chi connectivity index (χ3v) is 8.01. The summed E-state index contributed by atoms with van der Waals surface area (Å²) >= 11 is 0. The Balaban J connectivity index is 1.39. The summed E-state index contributed by atoms with van der Waals surface area (Å²) in [6.45, 7) is -0.154. The molecule has 2 aromatic heterocycles. The number of nitrogens with one attached hydrogen (secondary N) is 4. The highest BCUT2D eigenvalue weighted by Crippen LogP contribution is 2.30. The largest absolute Gasteiger partial charge is 0.497 e. The number of hydrogen-bond donors (Lipinski definition) is 4. The number of ether oxygens (including phenoxy) is 1. The Morgan fingerprint density at radius 3 is 2.51 bits per heavy atom. The van der Waals surface area contributed by atoms with Gasteiger partial charge in [-0.25, -0.2) is 17.2 Å². The molecule has 0 saturated carbocycles. The highest BCUT2D eigenvalue weighted by molar-refractivity contribution is 7.89. The average molecular weight is 557 g/mol. The van der Waals surface area contributed by atoms with E-state index in [2.05, 4.69) is 25.8 Å². The lowest BCUT2D eigenvalue weighted by atomic mass is 10.1. The van der Waals surface area contributed by atoms with E-state index < -0.39 is 38.4 Å². The number of fused-ring (bicyclic) bond motifs is 1. The number of rotatable bonds is 7. The zero-order valence-electron chi connectivity index (χ0n) is 20.4. The molecule has 11 nitrogen and oxygen atoms in total. The molecule has 4 N–H and O–H groups in total. The van der Waals surface area contributed by atoms with Crippen molar-refractivity contribution >= 4 is 33.3 Å². The van der Waals surface area contributed by atoms with E-state index in [1.54, 1.807) is 18.3 Å². The summed E-state index contributed by atoms with van der Waals surface area (Å²) in [6.07, 6.45) is 3.32. The molecule has 3 heterocycles. The van der Waals surface area contributed by atoms with Gasteiger partial charge in [-0.1, -0.05) is 0 Å². The van der Waals surface area contributed by atoms with Crippen LogP contribution >= 0.6 is 0 Å². The van der Waals surface area contributed by atoms with Gasteiger partial charge in [0.2, 0.25) is 10.0 Å². The number of carbonyl (C=O) groups excluding carboxylic acids is 2. The fraction of sp³-hybridized carbons (Fsp3) is 0.160. The number of aromatic nitrogens is 3. The summed E-state index contributed by atoms with van der Waals surface area (Å²) in [5.74, 6) is -2.61. The quantitative estimate of drug-likeness (QED) is 0.275. The van der Waals surface area contributed by atoms with Gasteiger partial charge >= 0.3 is 0 Å². The first-order valence-electron chi connectivity index (χ1n) is 11.6. The predicted octanol–water partition coefficient (Wildman–Crippen LogP) is 3.28. The molecule has 0 spiro atoms. The van der Waals surface area contributed by atoms with E-state index in [-0.39, 0.29) is 36.6 Å². The molecule has 14 heteroatoms. The molecular weight excluding hydrogens is 534 g/mol. The first-order valence-corrected chi connectivity index (χ1v) is 13.1. The number of benzene rings is 2. The molecule has 0 bridgehead atoms. The summed E-state index contributed by atoms with van der Waals surface area (Å²) in [5, 5.41) is 12.3. The van der Waals surface area contributed by atoms with Gasteiger partial charge in [-0.15, -0.1) is 0 Å². The van der Waals surface area contributed by atoms with E-state index in [9.17, 15) is 26.8 Å². The molecule has 202 valence electrons. The highest BCUT2D eigenvalue weighted by atomic mass is 32.2. The number of nitrogens with zero attached hydrogens (tertiary/aromatic N) is 2. The van der Waals surface area contributed by atoms with E-state index >= 15 is 0 Å². The van der Waals surface area contributed by atoms with Crippen molar-refractivity contribution in [3.63, 3.8) is 0 Å². The van der Waals surface area contributed by atoms with Crippen molar-refractivity contribution in [1.82, 2.24) is 19.5 Å². The lowest BCUT2D eigenvalue weighted by Crippen LogP contribution is -2.36. The Labute approximate surface area is 221 Å². The number of aromatic amines is 2. The molecule has 0 saturated heterocycles. The Morgan fingerprint density at radius 1 is 1.05 bits per heavy atom. The van der Waals surface area contributed by atoms with E-state index in [0.717, 1.165) is 16.4 Å². The Hall–Kier alpha value is -4.56. The van der Waals surface area contributed by atoms with Crippen LogP contribution < -0.4 is 15.4 Å². The number of hydrogen-bond acceptors (Lipinski definition) is 6. The van der Waals surface area contributed by atoms with Crippen LogP contribution in [0.25, 0.3) is 0 Å². The molecule has 0 radical (unpaired) electrons. The molecule has 0 atom stereocenters. The number of amides is 2. The second-order valence-electron chi connectivity index (χ2n) is 8.64. The standard InChI is InChI=1S/C25H22F2N6O5S/c1-38-17-2-3-19(22(11-17)29-24(34)14-4-6-28-12-14)25(35)30-23-20-13-33(7-5-21(20)31-32-23)39(36,37)18-9-15(26)8-16(27)10-18/h2-4,6,8-12,28H,5,7,13H2,1H3,(H,29,34)(H2,30,31,32,35). The topological polar surface area (TPSA) is 149 Å². The van der Waals surface area contributed by atoms with Crippen LogP contribution in [-0.2, 0) is 23.0 Å². The fourth-order valence-corrected chi connectivity index (χ4v) is 5.64. The van der Waals surface area contributed by atoms with Gasteiger partial charge in [-0.05, 0) is 30.3 Å². The third-order valence-electron chi connectivity index (χ3n) is 6.18. The van der Waals surface area contributed by atoms with E-state index in [0.29, 0.717) is 28.6 Å². The van der Waals surface area contributed by atoms with Gasteiger partial charge in [-0.2, -0.15) is 9.40 Å². The van der Waals surface area contributed by atoms with Gasteiger partial charge < -0.3 is 20.4 Å². The molecule has 0 fully saturated rings. The summed E-state index contributed by atoms with van der Waals surface area (Å²) in [7, 11) is -2.79. The Bertz CT molecular complexity index is 1650. The van der Waals surface area contributed by atoms with Crippen LogP contribution in [-0.4, -0.2) is 53.4 Å². The molecule has 2 aromatic carbocycles. The SMILES string of the molecule is COc1ccc(C(=O)Nc2n[nH]c3c2CN(S(=O)(=O)c2cc(F)cc(F)c2)CC3)c(NC(=O)c2cc[nH]c2)c1. The number of anilines is 2. The van der Waals surface area contributed by atoms with Crippen molar-refractivity contribution in [2.45, 2.75) is 17.9 Å². The maximum absolute atomic E-state index is 13.7. The summed E-state index contributed by atoms with van der Waals surface area (Å²) in [4.78, 5) is 28.2. The van der Waals surface area contributed by atoms with Crippen molar-refractivity contribution in [2.24, 2.45) is 0 Å². The van der Waals surface area contributed by atoms with Crippen LogP contribution in [0.2, 0.25) is 0 Å². The van der Waals surface area contributed by atoms with Gasteiger partial charge in [0.25, 0.3) is 11.8 Å². The van der Waals surface area contributed by atoms with Crippen molar-refractivity contribution < 1.29 is 31.5 Å². The molecule has 2 amide bonds. The number of H-pyrrole nitrogens is 2. The highest BCUT2D eigenvalue weighted by Gasteiger charge is 2.32. The molecule has 1 aliphatic rings. The number of carbonyl (C=O) groups is 2. The monoisotopic (exact) mass is 556 g/mol. The lowest BCUT2D eigenvalue weighted by Gasteiger charge is -2.26. The third kappa shape index (κ3) is 5.24. The normalized spacial score (nSPS) is 13.5. The molecule has 1 aliphatic heterocycles. The molecular formula is C25H22F2N6O5S. The fourth-order valence-electron chi connectivity index (χ4n) is 4.19. The maximum atomic E-state index is 13.7. The van der Waals surface area contributed by atoms with E-state index in [1.165, 1.54) is 25.4 Å². The van der Waals surface area contributed by atoms with Gasteiger partial charge in [0.05, 0.1) is 28.8 Å². The van der Waals surface area contributed by atoms with E-state index in [1.807, 2.05) is 0 Å². The zero-order chi connectivity index (χ0) is 27.7. The molecule has 4 aromatic rings. The molecule has 5 rings (SSSR count). The zero-order valence-corrected chi connectivity index (χ0v) is 21.2. The van der Waals surface area contributed by atoms with Gasteiger partial charge in [-0.3, -0.25) is 14.7 Å². The summed E-state index contributed by atoms with van der Waals surface area (Å²) < 4.78 is 59.9. The van der Waals surface area contributed by atoms with Crippen LogP contribution in [0.1, 0.15) is 32.0 Å². The summed E-state index contributed by atoms with van der Waals surface area (Å²) in [5.41, 5.74) is 1.65. The van der Waals surface area contributed by atoms with Gasteiger partial charge in [0.1, 0.15) is 17.4 Å².